The average Bonchev–Trinajstić information content (AvgIpc) is 2.51. The molecule has 2 atom stereocenters. The second-order valence-electron chi connectivity index (χ2n) is 6.86. The van der Waals surface area contributed by atoms with Crippen LogP contribution in [0.5, 0.6) is 0 Å². The number of nitrogens with one attached hydrogen (secondary N) is 1. The molecule has 134 valence electrons. The number of amides is 1. The van der Waals surface area contributed by atoms with Crippen molar-refractivity contribution in [2.75, 3.05) is 19.7 Å². The van der Waals surface area contributed by atoms with Gasteiger partial charge in [-0.2, -0.15) is 0 Å². The monoisotopic (exact) mass is 334 g/mol. The van der Waals surface area contributed by atoms with Gasteiger partial charge in [-0.05, 0) is 38.8 Å². The lowest BCUT2D eigenvalue weighted by Crippen LogP contribution is -2.45. The minimum atomic E-state index is -0.0767. The van der Waals surface area contributed by atoms with Crippen molar-refractivity contribution < 1.29 is 14.3 Å². The normalized spacial score (nSPS) is 21.9. The molecule has 1 fully saturated rings. The van der Waals surface area contributed by atoms with Crippen LogP contribution in [-0.4, -0.2) is 48.8 Å². The molecular weight excluding hydrogens is 304 g/mol. The Bertz CT molecular complexity index is 523. The largest absolute Gasteiger partial charge is 0.373 e. The van der Waals surface area contributed by atoms with Crippen LogP contribution in [0.2, 0.25) is 0 Å². The predicted octanol–water partition coefficient (Wildman–Crippen LogP) is 2.34. The molecule has 1 aromatic rings. The molecule has 0 bridgehead atoms. The van der Waals surface area contributed by atoms with Crippen molar-refractivity contribution in [1.29, 1.82) is 0 Å². The summed E-state index contributed by atoms with van der Waals surface area (Å²) in [5.74, 6) is -0.0767. The standard InChI is InChI=1S/C19H30N2O3/c1-14(2)23-13-19(22)20-9-17-7-5-6-8-18(17)12-21-10-15(3)24-16(4)11-21/h5-8,14-16H,9-13H2,1-4H3,(H,20,22). The highest BCUT2D eigenvalue weighted by molar-refractivity contribution is 5.77. The first-order chi connectivity index (χ1) is 11.4. The zero-order valence-corrected chi connectivity index (χ0v) is 15.2. The van der Waals surface area contributed by atoms with Gasteiger partial charge in [-0.25, -0.2) is 0 Å². The van der Waals surface area contributed by atoms with Crippen LogP contribution in [0, 0.1) is 0 Å². The zero-order chi connectivity index (χ0) is 17.5. The van der Waals surface area contributed by atoms with Gasteiger partial charge in [0.25, 0.3) is 0 Å². The number of carbonyl (C=O) groups excluding carboxylic acids is 1. The van der Waals surface area contributed by atoms with Crippen molar-refractivity contribution in [1.82, 2.24) is 10.2 Å². The molecule has 0 aromatic heterocycles. The first-order valence-electron chi connectivity index (χ1n) is 8.77. The van der Waals surface area contributed by atoms with Gasteiger partial charge in [-0.1, -0.05) is 24.3 Å². The van der Waals surface area contributed by atoms with Gasteiger partial charge < -0.3 is 14.8 Å². The second kappa shape index (κ2) is 9.16. The highest BCUT2D eigenvalue weighted by atomic mass is 16.5. The van der Waals surface area contributed by atoms with E-state index < -0.39 is 0 Å². The minimum Gasteiger partial charge on any atom is -0.373 e. The van der Waals surface area contributed by atoms with Crippen LogP contribution in [0.4, 0.5) is 0 Å². The van der Waals surface area contributed by atoms with Crippen LogP contribution in [0.1, 0.15) is 38.8 Å². The molecule has 1 aromatic carbocycles. The van der Waals surface area contributed by atoms with Crippen LogP contribution in [0.15, 0.2) is 24.3 Å². The number of hydrogen-bond acceptors (Lipinski definition) is 4. The number of nitrogens with zero attached hydrogens (tertiary/aromatic N) is 1. The molecule has 1 N–H and O–H groups in total. The van der Waals surface area contributed by atoms with E-state index in [9.17, 15) is 4.79 Å². The Morgan fingerprint density at radius 2 is 1.88 bits per heavy atom. The fourth-order valence-electron chi connectivity index (χ4n) is 3.03. The Morgan fingerprint density at radius 3 is 2.50 bits per heavy atom. The van der Waals surface area contributed by atoms with Crippen LogP contribution in [-0.2, 0) is 27.4 Å². The molecule has 5 nitrogen and oxygen atoms in total. The van der Waals surface area contributed by atoms with Crippen molar-refractivity contribution in [2.45, 2.75) is 59.1 Å². The van der Waals surface area contributed by atoms with E-state index in [4.69, 9.17) is 9.47 Å². The molecule has 0 saturated carbocycles. The van der Waals surface area contributed by atoms with Gasteiger partial charge in [0, 0.05) is 26.2 Å². The van der Waals surface area contributed by atoms with Crippen LogP contribution >= 0.6 is 0 Å². The van der Waals surface area contributed by atoms with Crippen LogP contribution in [0.25, 0.3) is 0 Å². The summed E-state index contributed by atoms with van der Waals surface area (Å²) < 4.78 is 11.1. The molecule has 2 unspecified atom stereocenters. The van der Waals surface area contributed by atoms with Gasteiger partial charge in [-0.15, -0.1) is 0 Å². The van der Waals surface area contributed by atoms with Crippen LogP contribution in [0.3, 0.4) is 0 Å². The maximum Gasteiger partial charge on any atom is 0.246 e. The van der Waals surface area contributed by atoms with Crippen molar-refractivity contribution in [3.05, 3.63) is 35.4 Å². The van der Waals surface area contributed by atoms with Crippen molar-refractivity contribution in [3.8, 4) is 0 Å². The van der Waals surface area contributed by atoms with E-state index in [0.29, 0.717) is 6.54 Å². The number of rotatable bonds is 7. The van der Waals surface area contributed by atoms with Crippen molar-refractivity contribution >= 4 is 5.91 Å². The number of ether oxygens (including phenoxy) is 2. The molecule has 1 aliphatic heterocycles. The molecule has 1 saturated heterocycles. The van der Waals surface area contributed by atoms with Crippen LogP contribution < -0.4 is 5.32 Å². The van der Waals surface area contributed by atoms with E-state index in [1.54, 1.807) is 0 Å². The molecule has 24 heavy (non-hydrogen) atoms. The SMILES string of the molecule is CC(C)OCC(=O)NCc1ccccc1CN1CC(C)OC(C)C1. The lowest BCUT2D eigenvalue weighted by molar-refractivity contribution is -0.127. The second-order valence-corrected chi connectivity index (χ2v) is 6.86. The summed E-state index contributed by atoms with van der Waals surface area (Å²) in [4.78, 5) is 14.3. The van der Waals surface area contributed by atoms with E-state index >= 15 is 0 Å². The first kappa shape index (κ1) is 18.9. The lowest BCUT2D eigenvalue weighted by Gasteiger charge is -2.35. The zero-order valence-electron chi connectivity index (χ0n) is 15.2. The number of hydrogen-bond donors (Lipinski definition) is 1. The third-order valence-electron chi connectivity index (χ3n) is 4.03. The fraction of sp³-hybridized carbons (Fsp3) is 0.632. The third kappa shape index (κ3) is 6.23. The summed E-state index contributed by atoms with van der Waals surface area (Å²) in [7, 11) is 0. The Hall–Kier alpha value is -1.43. The summed E-state index contributed by atoms with van der Waals surface area (Å²) in [5.41, 5.74) is 2.41. The van der Waals surface area contributed by atoms with Gasteiger partial charge >= 0.3 is 0 Å². The number of carbonyl (C=O) groups is 1. The first-order valence-corrected chi connectivity index (χ1v) is 8.77. The van der Waals surface area contributed by atoms with E-state index in [1.807, 2.05) is 19.9 Å². The Kier molecular flexibility index (Phi) is 7.21. The van der Waals surface area contributed by atoms with Gasteiger partial charge in [-0.3, -0.25) is 9.69 Å². The quantitative estimate of drug-likeness (QED) is 0.831. The number of benzene rings is 1. The molecule has 1 heterocycles. The molecule has 5 heteroatoms. The van der Waals surface area contributed by atoms with E-state index in [0.717, 1.165) is 25.2 Å². The molecule has 1 aliphatic rings. The summed E-state index contributed by atoms with van der Waals surface area (Å²) in [6.07, 6.45) is 0.580. The summed E-state index contributed by atoms with van der Waals surface area (Å²) in [6, 6.07) is 8.28. The lowest BCUT2D eigenvalue weighted by atomic mass is 10.1. The van der Waals surface area contributed by atoms with E-state index in [-0.39, 0.29) is 30.8 Å². The number of morpholine rings is 1. The van der Waals surface area contributed by atoms with Gasteiger partial charge in [0.2, 0.25) is 5.91 Å². The Balaban J connectivity index is 1.91. The molecule has 1 amide bonds. The topological polar surface area (TPSA) is 50.8 Å². The molecular formula is C19H30N2O3. The maximum absolute atomic E-state index is 11.8. The van der Waals surface area contributed by atoms with Gasteiger partial charge in [0.05, 0.1) is 18.3 Å². The fourth-order valence-corrected chi connectivity index (χ4v) is 3.03. The van der Waals surface area contributed by atoms with E-state index in [1.165, 1.54) is 5.56 Å². The third-order valence-corrected chi connectivity index (χ3v) is 4.03. The minimum absolute atomic E-state index is 0.0633. The van der Waals surface area contributed by atoms with Gasteiger partial charge in [0.1, 0.15) is 6.61 Å². The smallest absolute Gasteiger partial charge is 0.246 e. The van der Waals surface area contributed by atoms with Gasteiger partial charge in [0.15, 0.2) is 0 Å². The summed E-state index contributed by atoms with van der Waals surface area (Å²) in [5, 5.41) is 2.94. The summed E-state index contributed by atoms with van der Waals surface area (Å²) >= 11 is 0. The van der Waals surface area contributed by atoms with E-state index in [2.05, 4.69) is 42.3 Å². The van der Waals surface area contributed by atoms with Crippen molar-refractivity contribution in [3.63, 3.8) is 0 Å². The maximum atomic E-state index is 11.8. The molecule has 0 radical (unpaired) electrons. The predicted molar refractivity (Wildman–Crippen MR) is 94.7 cm³/mol. The molecule has 2 rings (SSSR count). The highest BCUT2D eigenvalue weighted by Gasteiger charge is 2.22. The highest BCUT2D eigenvalue weighted by Crippen LogP contribution is 2.17. The Morgan fingerprint density at radius 1 is 1.25 bits per heavy atom. The Labute approximate surface area is 145 Å². The van der Waals surface area contributed by atoms with Crippen molar-refractivity contribution in [2.24, 2.45) is 0 Å². The molecule has 0 aliphatic carbocycles. The summed E-state index contributed by atoms with van der Waals surface area (Å²) in [6.45, 7) is 11.5. The average molecular weight is 334 g/mol. The molecule has 0 spiro atoms.